The molecule has 1 atom stereocenters. The van der Waals surface area contributed by atoms with Gasteiger partial charge in [-0.15, -0.1) is 0 Å². The molecule has 1 unspecified atom stereocenters. The number of halogens is 1. The zero-order chi connectivity index (χ0) is 19.9. The van der Waals surface area contributed by atoms with Gasteiger partial charge in [0.1, 0.15) is 10.7 Å². The number of pyridine rings is 1. The van der Waals surface area contributed by atoms with Gasteiger partial charge in [-0.3, -0.25) is 4.40 Å². The van der Waals surface area contributed by atoms with Gasteiger partial charge in [-0.1, -0.05) is 0 Å². The number of nitrogens with zero attached hydrogens (tertiary/aromatic N) is 2. The van der Waals surface area contributed by atoms with Crippen molar-refractivity contribution in [1.82, 2.24) is 14.1 Å². The molecule has 1 aromatic carbocycles. The first-order valence-corrected chi connectivity index (χ1v) is 10.5. The van der Waals surface area contributed by atoms with Crippen molar-refractivity contribution in [2.24, 2.45) is 0 Å². The highest BCUT2D eigenvalue weighted by molar-refractivity contribution is 7.91. The van der Waals surface area contributed by atoms with Crippen molar-refractivity contribution in [3.8, 4) is 0 Å². The molecule has 148 valence electrons. The largest absolute Gasteiger partial charge is 0.378 e. The van der Waals surface area contributed by atoms with Crippen molar-refractivity contribution >= 4 is 39.8 Å². The van der Waals surface area contributed by atoms with E-state index in [0.29, 0.717) is 35.7 Å². The van der Waals surface area contributed by atoms with Gasteiger partial charge in [0, 0.05) is 24.9 Å². The fourth-order valence-electron chi connectivity index (χ4n) is 3.02. The summed E-state index contributed by atoms with van der Waals surface area (Å²) >= 11 is 4.41. The minimum Gasteiger partial charge on any atom is -0.378 e. The van der Waals surface area contributed by atoms with Crippen molar-refractivity contribution < 1.29 is 17.5 Å². The maximum Gasteiger partial charge on any atom is 0.243 e. The highest BCUT2D eigenvalue weighted by Crippen LogP contribution is 2.26. The van der Waals surface area contributed by atoms with Crippen LogP contribution in [0.15, 0.2) is 47.6 Å². The molecule has 1 saturated heterocycles. The summed E-state index contributed by atoms with van der Waals surface area (Å²) in [6.07, 6.45) is 3.59. The third-order valence-electron chi connectivity index (χ3n) is 4.55. The van der Waals surface area contributed by atoms with Crippen LogP contribution in [0.4, 0.5) is 16.0 Å². The van der Waals surface area contributed by atoms with Crippen LogP contribution in [0.2, 0.25) is 0 Å². The monoisotopic (exact) mass is 422 g/mol. The number of hydrogen-bond acceptors (Lipinski definition) is 6. The topological polar surface area (TPSA) is 84.7 Å². The smallest absolute Gasteiger partial charge is 0.243 e. The number of imidazole rings is 1. The fourth-order valence-corrected chi connectivity index (χ4v) is 4.83. The summed E-state index contributed by atoms with van der Waals surface area (Å²) < 4.78 is 48.6. The van der Waals surface area contributed by atoms with Gasteiger partial charge in [0.2, 0.25) is 16.0 Å². The minimum absolute atomic E-state index is 0.0802. The van der Waals surface area contributed by atoms with E-state index < -0.39 is 14.9 Å². The van der Waals surface area contributed by atoms with Gasteiger partial charge in [0.05, 0.1) is 23.2 Å². The molecule has 0 spiro atoms. The molecule has 3 aromatic rings. The number of ether oxygens (including phenoxy) is 1. The molecule has 0 radical (unpaired) electrons. The summed E-state index contributed by atoms with van der Waals surface area (Å²) in [6, 6.07) is 7.79. The first kappa shape index (κ1) is 19.2. The number of rotatable bonds is 5. The molecule has 10 heteroatoms. The SMILES string of the molecule is Cc1cc(Nc2ncc3ccc(S(=O)(=O)NC4(S)CCOC4)cn23)ccc1F. The highest BCUT2D eigenvalue weighted by atomic mass is 32.2. The van der Waals surface area contributed by atoms with E-state index in [1.54, 1.807) is 35.7 Å². The van der Waals surface area contributed by atoms with Crippen molar-refractivity contribution in [3.05, 3.63) is 54.1 Å². The Balaban J connectivity index is 1.66. The van der Waals surface area contributed by atoms with Gasteiger partial charge < -0.3 is 10.1 Å². The maximum atomic E-state index is 13.5. The lowest BCUT2D eigenvalue weighted by Crippen LogP contribution is -2.44. The van der Waals surface area contributed by atoms with E-state index in [2.05, 4.69) is 27.7 Å². The van der Waals surface area contributed by atoms with Crippen molar-refractivity contribution in [2.75, 3.05) is 18.5 Å². The second-order valence-corrected chi connectivity index (χ2v) is 9.31. The molecule has 4 rings (SSSR count). The molecule has 1 fully saturated rings. The van der Waals surface area contributed by atoms with Crippen molar-refractivity contribution in [1.29, 1.82) is 0 Å². The van der Waals surface area contributed by atoms with Crippen molar-refractivity contribution in [2.45, 2.75) is 23.1 Å². The standard InChI is InChI=1S/C18H19FN4O3S2/c1-12-8-13(2-5-16(12)19)21-17-20-9-14-3-4-15(10-23(14)17)28(24,25)22-18(27)6-7-26-11-18/h2-5,8-10,22,27H,6-7,11H2,1H3,(H,20,21). The minimum atomic E-state index is -3.81. The van der Waals surface area contributed by atoms with Gasteiger partial charge in [-0.05, 0) is 42.8 Å². The van der Waals surface area contributed by atoms with Crippen LogP contribution in [0.25, 0.3) is 5.52 Å². The Bertz CT molecular complexity index is 1140. The lowest BCUT2D eigenvalue weighted by Gasteiger charge is -2.22. The average Bonchev–Trinajstić information content (AvgIpc) is 3.24. The van der Waals surface area contributed by atoms with Crippen LogP contribution < -0.4 is 10.0 Å². The number of thiol groups is 1. The second-order valence-electron chi connectivity index (χ2n) is 6.77. The Morgan fingerprint density at radius 2 is 2.14 bits per heavy atom. The Morgan fingerprint density at radius 1 is 1.32 bits per heavy atom. The van der Waals surface area contributed by atoms with E-state index in [4.69, 9.17) is 4.74 Å². The average molecular weight is 423 g/mol. The summed E-state index contributed by atoms with van der Waals surface area (Å²) in [4.78, 5) is 3.45. The number of benzene rings is 1. The molecule has 0 amide bonds. The van der Waals surface area contributed by atoms with Gasteiger partial charge in [-0.2, -0.15) is 17.4 Å². The fraction of sp³-hybridized carbons (Fsp3) is 0.278. The van der Waals surface area contributed by atoms with E-state index in [0.717, 1.165) is 0 Å². The van der Waals surface area contributed by atoms with Crippen LogP contribution in [-0.4, -0.2) is 35.9 Å². The van der Waals surface area contributed by atoms with Crippen LogP contribution in [-0.2, 0) is 14.8 Å². The number of hydrogen-bond donors (Lipinski definition) is 3. The molecule has 1 aliphatic heterocycles. The Labute approximate surface area is 167 Å². The van der Waals surface area contributed by atoms with E-state index in [1.807, 2.05) is 0 Å². The summed E-state index contributed by atoms with van der Waals surface area (Å²) in [5, 5.41) is 3.09. The van der Waals surface area contributed by atoms with Gasteiger partial charge >= 0.3 is 0 Å². The molecule has 7 nitrogen and oxygen atoms in total. The van der Waals surface area contributed by atoms with Crippen LogP contribution in [0, 0.1) is 12.7 Å². The molecule has 2 N–H and O–H groups in total. The number of fused-ring (bicyclic) bond motifs is 1. The Hall–Kier alpha value is -2.14. The molecule has 0 bridgehead atoms. The third-order valence-corrected chi connectivity index (χ3v) is 6.69. The first-order valence-electron chi connectivity index (χ1n) is 8.60. The summed E-state index contributed by atoms with van der Waals surface area (Å²) in [7, 11) is -3.81. The van der Waals surface area contributed by atoms with Gasteiger partial charge in [0.15, 0.2) is 0 Å². The molecule has 3 heterocycles. The van der Waals surface area contributed by atoms with Crippen LogP contribution in [0.3, 0.4) is 0 Å². The van der Waals surface area contributed by atoms with Gasteiger partial charge in [-0.25, -0.2) is 17.8 Å². The molecule has 28 heavy (non-hydrogen) atoms. The van der Waals surface area contributed by atoms with E-state index >= 15 is 0 Å². The number of aryl methyl sites for hydroxylation is 1. The zero-order valence-corrected chi connectivity index (χ0v) is 16.7. The zero-order valence-electron chi connectivity index (χ0n) is 15.0. The number of sulfonamides is 1. The highest BCUT2D eigenvalue weighted by Gasteiger charge is 2.35. The molecular weight excluding hydrogens is 403 g/mol. The Kier molecular flexibility index (Phi) is 4.82. The number of anilines is 2. The molecule has 2 aromatic heterocycles. The molecular formula is C18H19FN4O3S2. The summed E-state index contributed by atoms with van der Waals surface area (Å²) in [5.74, 6) is 0.123. The van der Waals surface area contributed by atoms with Crippen molar-refractivity contribution in [3.63, 3.8) is 0 Å². The van der Waals surface area contributed by atoms with Crippen LogP contribution in [0.1, 0.15) is 12.0 Å². The summed E-state index contributed by atoms with van der Waals surface area (Å²) in [6.45, 7) is 2.33. The van der Waals surface area contributed by atoms with E-state index in [1.165, 1.54) is 18.3 Å². The quantitative estimate of drug-likeness (QED) is 0.435. The lowest BCUT2D eigenvalue weighted by atomic mass is 10.2. The normalized spacial score (nSPS) is 20.0. The van der Waals surface area contributed by atoms with E-state index in [9.17, 15) is 12.8 Å². The molecule has 0 aliphatic carbocycles. The van der Waals surface area contributed by atoms with Crippen LogP contribution >= 0.6 is 12.6 Å². The predicted octanol–water partition coefficient (Wildman–Crippen LogP) is 2.85. The predicted molar refractivity (Wildman–Crippen MR) is 107 cm³/mol. The second kappa shape index (κ2) is 7.03. The maximum absolute atomic E-state index is 13.5. The first-order chi connectivity index (χ1) is 13.3. The van der Waals surface area contributed by atoms with Gasteiger partial charge in [0.25, 0.3) is 0 Å². The molecule has 0 saturated carbocycles. The molecule has 1 aliphatic rings. The third kappa shape index (κ3) is 3.72. The number of aromatic nitrogens is 2. The van der Waals surface area contributed by atoms with Crippen LogP contribution in [0.5, 0.6) is 0 Å². The van der Waals surface area contributed by atoms with E-state index in [-0.39, 0.29) is 17.3 Å². The number of nitrogens with one attached hydrogen (secondary N) is 2. The lowest BCUT2D eigenvalue weighted by molar-refractivity contribution is 0.189. The summed E-state index contributed by atoms with van der Waals surface area (Å²) in [5.41, 5.74) is 1.86. The Morgan fingerprint density at radius 3 is 2.86 bits per heavy atom.